The lowest BCUT2D eigenvalue weighted by Crippen LogP contribution is -2.36. The van der Waals surface area contributed by atoms with Crippen LogP contribution < -0.4 is 5.32 Å². The zero-order valence-electron chi connectivity index (χ0n) is 12.3. The molecule has 0 radical (unpaired) electrons. The third-order valence-electron chi connectivity index (χ3n) is 3.95. The molecule has 3 heteroatoms. The van der Waals surface area contributed by atoms with Crippen molar-refractivity contribution in [3.8, 4) is 0 Å². The monoisotopic (exact) mass is 267 g/mol. The van der Waals surface area contributed by atoms with Crippen molar-refractivity contribution in [3.63, 3.8) is 0 Å². The lowest BCUT2D eigenvalue weighted by Gasteiger charge is -2.32. The van der Waals surface area contributed by atoms with Crippen LogP contribution in [0.1, 0.15) is 32.3 Å². The van der Waals surface area contributed by atoms with E-state index in [2.05, 4.69) is 19.2 Å². The zero-order valence-corrected chi connectivity index (χ0v) is 12.3. The molecule has 0 saturated heterocycles. The smallest absolute Gasteiger partial charge is 0.123 e. The average molecular weight is 267 g/mol. The molecule has 0 aromatic heterocycles. The lowest BCUT2D eigenvalue weighted by molar-refractivity contribution is 0.185. The maximum atomic E-state index is 13.3. The topological polar surface area (TPSA) is 21.3 Å². The van der Waals surface area contributed by atoms with Crippen LogP contribution in [-0.2, 0) is 11.2 Å². The predicted molar refractivity (Wildman–Crippen MR) is 77.9 cm³/mol. The van der Waals surface area contributed by atoms with E-state index in [0.29, 0.717) is 0 Å². The largest absolute Gasteiger partial charge is 0.383 e. The molecule has 0 atom stereocenters. The van der Waals surface area contributed by atoms with Crippen LogP contribution in [0, 0.1) is 11.2 Å². The van der Waals surface area contributed by atoms with Crippen LogP contribution in [0.15, 0.2) is 24.3 Å². The van der Waals surface area contributed by atoms with Crippen LogP contribution >= 0.6 is 0 Å². The summed E-state index contributed by atoms with van der Waals surface area (Å²) in [6, 6.07) is 6.95. The highest BCUT2D eigenvalue weighted by Gasteiger charge is 2.26. The van der Waals surface area contributed by atoms with Crippen LogP contribution in [0.25, 0.3) is 0 Å². The van der Waals surface area contributed by atoms with Crippen molar-refractivity contribution in [1.29, 1.82) is 0 Å². The van der Waals surface area contributed by atoms with Gasteiger partial charge in [0.25, 0.3) is 0 Å². The van der Waals surface area contributed by atoms with E-state index >= 15 is 0 Å². The van der Waals surface area contributed by atoms with Gasteiger partial charge in [0.05, 0.1) is 6.61 Å². The summed E-state index contributed by atoms with van der Waals surface area (Å²) in [6.45, 7) is 6.95. The SMILES string of the molecule is CCC(CC)(CNCCOC)Cc1cccc(F)c1. The van der Waals surface area contributed by atoms with Crippen molar-refractivity contribution in [1.82, 2.24) is 5.32 Å². The van der Waals surface area contributed by atoms with Crippen molar-refractivity contribution in [3.05, 3.63) is 35.6 Å². The van der Waals surface area contributed by atoms with Gasteiger partial charge in [0.15, 0.2) is 0 Å². The van der Waals surface area contributed by atoms with Crippen LogP contribution in [0.2, 0.25) is 0 Å². The fourth-order valence-electron chi connectivity index (χ4n) is 2.42. The Balaban J connectivity index is 2.64. The van der Waals surface area contributed by atoms with Crippen molar-refractivity contribution in [2.75, 3.05) is 26.8 Å². The van der Waals surface area contributed by atoms with Crippen LogP contribution in [0.5, 0.6) is 0 Å². The maximum absolute atomic E-state index is 13.3. The molecular formula is C16H26FNO. The Kier molecular flexibility index (Phi) is 7.03. The summed E-state index contributed by atoms with van der Waals surface area (Å²) >= 11 is 0. The van der Waals surface area contributed by atoms with Gasteiger partial charge in [0, 0.05) is 20.2 Å². The van der Waals surface area contributed by atoms with E-state index < -0.39 is 0 Å². The summed E-state index contributed by atoms with van der Waals surface area (Å²) in [5, 5.41) is 3.45. The van der Waals surface area contributed by atoms with Crippen LogP contribution in [0.3, 0.4) is 0 Å². The molecule has 0 saturated carbocycles. The summed E-state index contributed by atoms with van der Waals surface area (Å²) in [5.41, 5.74) is 1.28. The quantitative estimate of drug-likeness (QED) is 0.692. The van der Waals surface area contributed by atoms with Gasteiger partial charge in [0.1, 0.15) is 5.82 Å². The lowest BCUT2D eigenvalue weighted by atomic mass is 9.77. The van der Waals surface area contributed by atoms with Crippen molar-refractivity contribution in [2.24, 2.45) is 5.41 Å². The van der Waals surface area contributed by atoms with Crippen molar-refractivity contribution in [2.45, 2.75) is 33.1 Å². The van der Waals surface area contributed by atoms with Gasteiger partial charge in [-0.05, 0) is 42.4 Å². The molecule has 0 aliphatic rings. The molecule has 0 bridgehead atoms. The second-order valence-corrected chi connectivity index (χ2v) is 5.18. The van der Waals surface area contributed by atoms with E-state index in [9.17, 15) is 4.39 Å². The number of hydrogen-bond donors (Lipinski definition) is 1. The van der Waals surface area contributed by atoms with Gasteiger partial charge in [0.2, 0.25) is 0 Å². The Morgan fingerprint density at radius 3 is 2.58 bits per heavy atom. The summed E-state index contributed by atoms with van der Waals surface area (Å²) < 4.78 is 18.3. The van der Waals surface area contributed by atoms with Crippen LogP contribution in [0.4, 0.5) is 4.39 Å². The second kappa shape index (κ2) is 8.28. The summed E-state index contributed by atoms with van der Waals surface area (Å²) in [6.07, 6.45) is 3.08. The van der Waals surface area contributed by atoms with Crippen molar-refractivity contribution >= 4 is 0 Å². The molecule has 1 N–H and O–H groups in total. The van der Waals surface area contributed by atoms with E-state index in [1.54, 1.807) is 19.2 Å². The predicted octanol–water partition coefficient (Wildman–Crippen LogP) is 3.41. The third kappa shape index (κ3) is 5.29. The van der Waals surface area contributed by atoms with E-state index in [1.807, 2.05) is 6.07 Å². The fraction of sp³-hybridized carbons (Fsp3) is 0.625. The molecule has 0 spiro atoms. The number of hydrogen-bond acceptors (Lipinski definition) is 2. The Labute approximate surface area is 116 Å². The molecule has 0 heterocycles. The zero-order chi connectivity index (χ0) is 14.1. The van der Waals surface area contributed by atoms with E-state index in [4.69, 9.17) is 4.74 Å². The number of halogens is 1. The minimum atomic E-state index is -0.147. The Bertz CT molecular complexity index is 364. The van der Waals surface area contributed by atoms with Crippen molar-refractivity contribution < 1.29 is 9.13 Å². The number of rotatable bonds is 9. The Morgan fingerprint density at radius 2 is 2.00 bits per heavy atom. The summed E-state index contributed by atoms with van der Waals surface area (Å²) in [4.78, 5) is 0. The molecule has 0 amide bonds. The average Bonchev–Trinajstić information content (AvgIpc) is 2.42. The molecule has 1 aromatic carbocycles. The van der Waals surface area contributed by atoms with E-state index in [0.717, 1.165) is 44.5 Å². The molecule has 0 fully saturated rings. The first-order valence-electron chi connectivity index (χ1n) is 7.10. The van der Waals surface area contributed by atoms with Gasteiger partial charge in [-0.15, -0.1) is 0 Å². The molecule has 1 rings (SSSR count). The highest BCUT2D eigenvalue weighted by atomic mass is 19.1. The number of nitrogens with one attached hydrogen (secondary N) is 1. The first-order chi connectivity index (χ1) is 9.15. The maximum Gasteiger partial charge on any atom is 0.123 e. The van der Waals surface area contributed by atoms with E-state index in [1.165, 1.54) is 6.07 Å². The van der Waals surface area contributed by atoms with Gasteiger partial charge < -0.3 is 10.1 Å². The highest BCUT2D eigenvalue weighted by Crippen LogP contribution is 2.30. The Morgan fingerprint density at radius 1 is 1.26 bits per heavy atom. The molecule has 0 aliphatic carbocycles. The van der Waals surface area contributed by atoms with Gasteiger partial charge in [-0.25, -0.2) is 4.39 Å². The van der Waals surface area contributed by atoms with Gasteiger partial charge >= 0.3 is 0 Å². The normalized spacial score (nSPS) is 11.8. The number of methoxy groups -OCH3 is 1. The minimum Gasteiger partial charge on any atom is -0.383 e. The van der Waals surface area contributed by atoms with Crippen LogP contribution in [-0.4, -0.2) is 26.8 Å². The van der Waals surface area contributed by atoms with Gasteiger partial charge in [-0.3, -0.25) is 0 Å². The molecule has 1 aromatic rings. The number of ether oxygens (including phenoxy) is 1. The summed E-state index contributed by atoms with van der Waals surface area (Å²) in [5.74, 6) is -0.147. The summed E-state index contributed by atoms with van der Waals surface area (Å²) in [7, 11) is 1.71. The third-order valence-corrected chi connectivity index (χ3v) is 3.95. The number of benzene rings is 1. The van der Waals surface area contributed by atoms with Gasteiger partial charge in [-0.2, -0.15) is 0 Å². The molecule has 0 aliphatic heterocycles. The minimum absolute atomic E-state index is 0.147. The highest BCUT2D eigenvalue weighted by molar-refractivity contribution is 5.18. The molecule has 108 valence electrons. The first kappa shape index (κ1) is 16.1. The molecule has 2 nitrogen and oxygen atoms in total. The molecular weight excluding hydrogens is 241 g/mol. The standard InChI is InChI=1S/C16H26FNO/c1-4-16(5-2,13-18-9-10-19-3)12-14-7-6-8-15(17)11-14/h6-8,11,18H,4-5,9-10,12-13H2,1-3H3. The molecule has 19 heavy (non-hydrogen) atoms. The first-order valence-corrected chi connectivity index (χ1v) is 7.10. The fourth-order valence-corrected chi connectivity index (χ4v) is 2.42. The Hall–Kier alpha value is -0.930. The second-order valence-electron chi connectivity index (χ2n) is 5.18. The van der Waals surface area contributed by atoms with E-state index in [-0.39, 0.29) is 11.2 Å². The van der Waals surface area contributed by atoms with Gasteiger partial charge in [-0.1, -0.05) is 26.0 Å². The molecule has 0 unspecified atom stereocenters.